The normalized spacial score (nSPS) is 19.8. The molecule has 10 heteroatoms. The lowest BCUT2D eigenvalue weighted by molar-refractivity contribution is -0.0945. The van der Waals surface area contributed by atoms with E-state index in [1.54, 1.807) is 46.9 Å². The largest absolute Gasteiger partial charge is 0.390 e. The molecule has 4 aromatic carbocycles. The summed E-state index contributed by atoms with van der Waals surface area (Å²) in [6.07, 6.45) is 1.35. The first kappa shape index (κ1) is 28.6. The zero-order valence-electron chi connectivity index (χ0n) is 24.6. The number of hydrogen-bond donors (Lipinski definition) is 2. The van der Waals surface area contributed by atoms with Crippen LogP contribution in [0.15, 0.2) is 132 Å². The number of rotatable bonds is 7. The van der Waals surface area contributed by atoms with Crippen LogP contribution < -0.4 is 5.32 Å². The van der Waals surface area contributed by atoms with E-state index in [1.807, 2.05) is 48.5 Å². The number of carbonyl (C=O) groups excluding carboxylic acids is 1. The van der Waals surface area contributed by atoms with Crippen molar-refractivity contribution >= 4 is 34.7 Å². The number of nitrogens with one attached hydrogen (secondary N) is 1. The van der Waals surface area contributed by atoms with E-state index in [0.29, 0.717) is 29.0 Å². The third kappa shape index (κ3) is 4.87. The summed E-state index contributed by atoms with van der Waals surface area (Å²) < 4.78 is 15.3. The van der Waals surface area contributed by atoms with Gasteiger partial charge in [0.1, 0.15) is 24.3 Å². The van der Waals surface area contributed by atoms with E-state index in [2.05, 4.69) is 56.7 Å². The average Bonchev–Trinajstić information content (AvgIpc) is 3.71. The molecule has 9 nitrogen and oxygen atoms in total. The average molecular weight is 628 g/mol. The second-order valence-corrected chi connectivity index (χ2v) is 12.3. The Labute approximate surface area is 269 Å². The molecular weight excluding hydrogens is 598 g/mol. The molecule has 2 aliphatic rings. The Balaban J connectivity index is 1.08. The molecule has 0 aliphatic carbocycles. The molecule has 2 N–H and O–H groups in total. The third-order valence-electron chi connectivity index (χ3n) is 8.54. The van der Waals surface area contributed by atoms with Crippen LogP contribution in [0.25, 0.3) is 11.2 Å². The monoisotopic (exact) mass is 627 g/mol. The van der Waals surface area contributed by atoms with E-state index in [9.17, 15) is 9.90 Å². The quantitative estimate of drug-likeness (QED) is 0.215. The zero-order chi connectivity index (χ0) is 31.1. The van der Waals surface area contributed by atoms with Crippen LogP contribution in [0.5, 0.6) is 0 Å². The van der Waals surface area contributed by atoms with Gasteiger partial charge in [-0.05, 0) is 29.8 Å². The second-order valence-electron chi connectivity index (χ2n) is 11.3. The maximum atomic E-state index is 12.8. The number of ether oxygens (including phenoxy) is 2. The maximum absolute atomic E-state index is 12.8. The molecule has 46 heavy (non-hydrogen) atoms. The van der Waals surface area contributed by atoms with Crippen molar-refractivity contribution in [2.75, 3.05) is 11.9 Å². The topological polar surface area (TPSA) is 111 Å². The van der Waals surface area contributed by atoms with Crippen LogP contribution in [0.1, 0.15) is 39.7 Å². The molecule has 0 radical (unpaired) electrons. The number of benzene rings is 4. The van der Waals surface area contributed by atoms with E-state index in [0.717, 1.165) is 26.5 Å². The molecule has 2 aromatic heterocycles. The summed E-state index contributed by atoms with van der Waals surface area (Å²) in [5.74, 6) is 0.00448. The van der Waals surface area contributed by atoms with Gasteiger partial charge in [-0.3, -0.25) is 9.36 Å². The Bertz CT molecular complexity index is 1990. The highest BCUT2D eigenvalue weighted by molar-refractivity contribution is 7.99. The summed E-state index contributed by atoms with van der Waals surface area (Å²) in [7, 11) is 0. The predicted octanol–water partition coefficient (Wildman–Crippen LogP) is 6.20. The van der Waals surface area contributed by atoms with Gasteiger partial charge in [-0.2, -0.15) is 0 Å². The van der Waals surface area contributed by atoms with Gasteiger partial charge in [0, 0.05) is 32.9 Å². The highest BCUT2D eigenvalue weighted by atomic mass is 32.2. The molecule has 3 atom stereocenters. The highest BCUT2D eigenvalue weighted by Crippen LogP contribution is 2.53. The Hall–Kier alpha value is -4.87. The number of nitrogens with zero attached hydrogens (tertiary/aromatic N) is 4. The number of hydrogen-bond acceptors (Lipinski definition) is 8. The van der Waals surface area contributed by atoms with Crippen molar-refractivity contribution in [1.29, 1.82) is 0 Å². The molecule has 228 valence electrons. The van der Waals surface area contributed by atoms with Crippen LogP contribution in [-0.2, 0) is 15.1 Å². The van der Waals surface area contributed by atoms with E-state index in [4.69, 9.17) is 9.47 Å². The summed E-state index contributed by atoms with van der Waals surface area (Å²) in [6.45, 7) is 0.139. The number of aliphatic hydroxyl groups is 1. The van der Waals surface area contributed by atoms with Gasteiger partial charge in [0.25, 0.3) is 5.91 Å². The molecular formula is C36H29N5O4S. The van der Waals surface area contributed by atoms with E-state index in [1.165, 1.54) is 6.33 Å². The molecule has 0 spiro atoms. The number of aliphatic hydroxyl groups excluding tert-OH is 1. The molecule has 0 bridgehead atoms. The van der Waals surface area contributed by atoms with E-state index >= 15 is 0 Å². The Morgan fingerprint density at radius 1 is 0.891 bits per heavy atom. The van der Waals surface area contributed by atoms with Crippen molar-refractivity contribution in [3.05, 3.63) is 144 Å². The van der Waals surface area contributed by atoms with Crippen LogP contribution in [-0.4, -0.2) is 49.3 Å². The summed E-state index contributed by atoms with van der Waals surface area (Å²) in [5.41, 5.74) is 3.63. The van der Waals surface area contributed by atoms with Crippen molar-refractivity contribution in [3.8, 4) is 0 Å². The molecule has 0 unspecified atom stereocenters. The van der Waals surface area contributed by atoms with Crippen LogP contribution in [0, 0.1) is 0 Å². The van der Waals surface area contributed by atoms with Gasteiger partial charge < -0.3 is 19.9 Å². The standard InChI is InChI=1S/C36H29N5O4S/c42-27-19-31(41-22-39-32-33(37-21-38-34(32)41)40-35(43)23-11-3-1-4-12-23)45-28(27)20-44-36(24-13-5-2-6-14-24)25-15-7-9-17-29(25)46-30-18-10-8-16-26(30)36/h1-18,21-22,27-28,31,42H,19-20H2,(H,37,38,40,43)/t27-,28+,31+/m0/s1. The van der Waals surface area contributed by atoms with Crippen molar-refractivity contribution in [2.45, 2.75) is 40.2 Å². The van der Waals surface area contributed by atoms with Crippen molar-refractivity contribution in [2.24, 2.45) is 0 Å². The lowest BCUT2D eigenvalue weighted by Crippen LogP contribution is -2.39. The Morgan fingerprint density at radius 2 is 1.54 bits per heavy atom. The van der Waals surface area contributed by atoms with Gasteiger partial charge in [0.05, 0.1) is 19.0 Å². The molecule has 8 rings (SSSR count). The summed E-state index contributed by atoms with van der Waals surface area (Å²) in [5, 5.41) is 14.1. The zero-order valence-corrected chi connectivity index (χ0v) is 25.4. The summed E-state index contributed by atoms with van der Waals surface area (Å²) in [4.78, 5) is 28.3. The van der Waals surface area contributed by atoms with Crippen LogP contribution in [0.4, 0.5) is 5.82 Å². The lowest BCUT2D eigenvalue weighted by atomic mass is 9.79. The number of aromatic nitrogens is 4. The van der Waals surface area contributed by atoms with Gasteiger partial charge >= 0.3 is 0 Å². The SMILES string of the molecule is O=C(Nc1ncnc2c1ncn2[C@H]1C[C@H](O)[C@@H](COC2(c3ccccc3)c3ccccc3Sc3ccccc32)O1)c1ccccc1. The first-order valence-corrected chi connectivity index (χ1v) is 15.9. The van der Waals surface area contributed by atoms with Gasteiger partial charge in [0.15, 0.2) is 17.0 Å². The first-order valence-electron chi connectivity index (χ1n) is 15.1. The van der Waals surface area contributed by atoms with Crippen molar-refractivity contribution in [3.63, 3.8) is 0 Å². The lowest BCUT2D eigenvalue weighted by Gasteiger charge is -2.41. The fourth-order valence-electron chi connectivity index (χ4n) is 6.35. The number of imidazole rings is 1. The molecule has 0 saturated carbocycles. The summed E-state index contributed by atoms with van der Waals surface area (Å²) in [6, 6.07) is 35.8. The van der Waals surface area contributed by atoms with Gasteiger partial charge in [-0.15, -0.1) is 0 Å². The number of amides is 1. The third-order valence-corrected chi connectivity index (χ3v) is 9.69. The molecule has 1 saturated heterocycles. The predicted molar refractivity (Wildman–Crippen MR) is 174 cm³/mol. The fourth-order valence-corrected chi connectivity index (χ4v) is 7.52. The minimum Gasteiger partial charge on any atom is -0.390 e. The minimum absolute atomic E-state index is 0.139. The Kier molecular flexibility index (Phi) is 7.34. The van der Waals surface area contributed by atoms with Crippen LogP contribution in [0.2, 0.25) is 0 Å². The Morgan fingerprint density at radius 3 is 2.26 bits per heavy atom. The molecule has 6 aromatic rings. The van der Waals surface area contributed by atoms with Gasteiger partial charge in [-0.25, -0.2) is 15.0 Å². The van der Waals surface area contributed by atoms with Gasteiger partial charge in [-0.1, -0.05) is 96.7 Å². The second kappa shape index (κ2) is 11.8. The van der Waals surface area contributed by atoms with Crippen LogP contribution >= 0.6 is 11.8 Å². The smallest absolute Gasteiger partial charge is 0.256 e. The molecule has 1 amide bonds. The minimum atomic E-state index is -0.901. The molecule has 1 fully saturated rings. The van der Waals surface area contributed by atoms with Crippen molar-refractivity contribution in [1.82, 2.24) is 19.5 Å². The molecule has 4 heterocycles. The van der Waals surface area contributed by atoms with Gasteiger partial charge in [0.2, 0.25) is 0 Å². The first-order chi connectivity index (χ1) is 22.6. The van der Waals surface area contributed by atoms with Crippen molar-refractivity contribution < 1.29 is 19.4 Å². The summed E-state index contributed by atoms with van der Waals surface area (Å²) >= 11 is 1.73. The molecule has 2 aliphatic heterocycles. The van der Waals surface area contributed by atoms with Crippen LogP contribution in [0.3, 0.4) is 0 Å². The number of carbonyl (C=O) groups is 1. The van der Waals surface area contributed by atoms with E-state index < -0.39 is 24.0 Å². The fraction of sp³-hybridized carbons (Fsp3) is 0.167. The number of anilines is 1. The highest BCUT2D eigenvalue weighted by Gasteiger charge is 2.46. The van der Waals surface area contributed by atoms with E-state index in [-0.39, 0.29) is 12.5 Å². The maximum Gasteiger partial charge on any atom is 0.256 e. The number of fused-ring (bicyclic) bond motifs is 3.